The number of nitrogens with one attached hydrogen (secondary N) is 1. The van der Waals surface area contributed by atoms with Crippen LogP contribution in [-0.2, 0) is 11.3 Å². The van der Waals surface area contributed by atoms with Gasteiger partial charge in [0.05, 0.1) is 6.33 Å². The first-order chi connectivity index (χ1) is 8.08. The summed E-state index contributed by atoms with van der Waals surface area (Å²) in [6.07, 6.45) is 6.72. The number of hydrogen-bond donors (Lipinski definition) is 2. The Morgan fingerprint density at radius 2 is 2.29 bits per heavy atom. The molecule has 0 saturated carbocycles. The smallest absolute Gasteiger partial charge is 0.220 e. The number of carbonyl (C=O) groups is 1. The highest BCUT2D eigenvalue weighted by Crippen LogP contribution is 1.99. The second-order valence-corrected chi connectivity index (χ2v) is 4.68. The highest BCUT2D eigenvalue weighted by Gasteiger charge is 2.07. The number of amides is 1. The first kappa shape index (κ1) is 13.7. The Labute approximate surface area is 102 Å². The van der Waals surface area contributed by atoms with Gasteiger partial charge in [-0.2, -0.15) is 0 Å². The zero-order valence-corrected chi connectivity index (χ0v) is 10.6. The number of nitrogens with two attached hydrogens (primary N) is 1. The van der Waals surface area contributed by atoms with Gasteiger partial charge < -0.3 is 15.6 Å². The lowest BCUT2D eigenvalue weighted by molar-refractivity contribution is -0.121. The molecule has 0 radical (unpaired) electrons. The van der Waals surface area contributed by atoms with E-state index in [0.717, 1.165) is 13.0 Å². The minimum atomic E-state index is 0.0831. The molecule has 2 atom stereocenters. The second-order valence-electron chi connectivity index (χ2n) is 4.68. The third-order valence-electron chi connectivity index (χ3n) is 2.56. The summed E-state index contributed by atoms with van der Waals surface area (Å²) < 4.78 is 2.01. The summed E-state index contributed by atoms with van der Waals surface area (Å²) in [4.78, 5) is 15.4. The molecule has 0 bridgehead atoms. The number of aromatic nitrogens is 2. The summed E-state index contributed by atoms with van der Waals surface area (Å²) in [5, 5.41) is 2.92. The van der Waals surface area contributed by atoms with Gasteiger partial charge in [0.1, 0.15) is 0 Å². The van der Waals surface area contributed by atoms with Gasteiger partial charge in [0.25, 0.3) is 0 Å². The lowest BCUT2D eigenvalue weighted by Gasteiger charge is -2.13. The minimum Gasteiger partial charge on any atom is -0.356 e. The van der Waals surface area contributed by atoms with E-state index in [1.807, 2.05) is 17.7 Å². The van der Waals surface area contributed by atoms with Crippen LogP contribution in [0.2, 0.25) is 0 Å². The number of imidazole rings is 1. The van der Waals surface area contributed by atoms with Crippen LogP contribution in [0.1, 0.15) is 26.7 Å². The van der Waals surface area contributed by atoms with Crippen LogP contribution in [0, 0.1) is 5.92 Å². The van der Waals surface area contributed by atoms with Gasteiger partial charge in [0.2, 0.25) is 5.91 Å². The maximum atomic E-state index is 11.5. The van der Waals surface area contributed by atoms with E-state index in [1.54, 1.807) is 12.5 Å². The Balaban J connectivity index is 2.15. The lowest BCUT2D eigenvalue weighted by atomic mass is 10.1. The summed E-state index contributed by atoms with van der Waals surface area (Å²) in [6, 6.07) is 0.0872. The van der Waals surface area contributed by atoms with E-state index in [9.17, 15) is 4.79 Å². The Bertz CT molecular complexity index is 321. The first-order valence-electron chi connectivity index (χ1n) is 6.06. The van der Waals surface area contributed by atoms with Crippen molar-refractivity contribution in [3.05, 3.63) is 18.7 Å². The zero-order chi connectivity index (χ0) is 12.7. The average molecular weight is 238 g/mol. The highest BCUT2D eigenvalue weighted by atomic mass is 16.1. The fraction of sp³-hybridized carbons (Fsp3) is 0.667. The summed E-state index contributed by atoms with van der Waals surface area (Å²) in [6.45, 7) is 5.57. The molecule has 0 fully saturated rings. The van der Waals surface area contributed by atoms with Crippen LogP contribution in [0.4, 0.5) is 0 Å². The Morgan fingerprint density at radius 3 is 2.88 bits per heavy atom. The van der Waals surface area contributed by atoms with Crippen LogP contribution in [0.15, 0.2) is 18.7 Å². The van der Waals surface area contributed by atoms with Gasteiger partial charge in [-0.3, -0.25) is 4.79 Å². The van der Waals surface area contributed by atoms with Crippen molar-refractivity contribution in [2.24, 2.45) is 11.7 Å². The van der Waals surface area contributed by atoms with Crippen LogP contribution < -0.4 is 11.1 Å². The molecule has 3 N–H and O–H groups in total. The fourth-order valence-electron chi connectivity index (χ4n) is 1.55. The number of hydrogen-bond acceptors (Lipinski definition) is 3. The van der Waals surface area contributed by atoms with Gasteiger partial charge in [0, 0.05) is 37.9 Å². The van der Waals surface area contributed by atoms with E-state index in [2.05, 4.69) is 17.2 Å². The lowest BCUT2D eigenvalue weighted by Crippen LogP contribution is -2.30. The molecule has 5 heteroatoms. The molecule has 0 aliphatic carbocycles. The molecule has 1 rings (SSSR count). The van der Waals surface area contributed by atoms with Gasteiger partial charge in [-0.25, -0.2) is 4.98 Å². The maximum absolute atomic E-state index is 11.5. The van der Waals surface area contributed by atoms with E-state index >= 15 is 0 Å². The average Bonchev–Trinajstić information content (AvgIpc) is 2.76. The van der Waals surface area contributed by atoms with E-state index in [1.165, 1.54) is 0 Å². The van der Waals surface area contributed by atoms with Gasteiger partial charge in [0.15, 0.2) is 0 Å². The molecule has 1 aromatic rings. The number of nitrogens with zero attached hydrogens (tertiary/aromatic N) is 2. The van der Waals surface area contributed by atoms with Crippen molar-refractivity contribution in [3.8, 4) is 0 Å². The SMILES string of the molecule is CC(N)CCC(=O)NCC(C)Cn1ccnc1. The Morgan fingerprint density at radius 1 is 1.53 bits per heavy atom. The molecule has 0 spiro atoms. The van der Waals surface area contributed by atoms with Crippen molar-refractivity contribution in [2.75, 3.05) is 6.54 Å². The molecule has 1 aromatic heterocycles. The summed E-state index contributed by atoms with van der Waals surface area (Å²) in [7, 11) is 0. The molecule has 0 aromatic carbocycles. The predicted octanol–water partition coefficient (Wildman–Crippen LogP) is 0.763. The van der Waals surface area contributed by atoms with E-state index in [4.69, 9.17) is 5.73 Å². The Hall–Kier alpha value is -1.36. The topological polar surface area (TPSA) is 72.9 Å². The van der Waals surface area contributed by atoms with Crippen LogP contribution in [0.5, 0.6) is 0 Å². The van der Waals surface area contributed by atoms with E-state index in [0.29, 0.717) is 18.9 Å². The molecule has 5 nitrogen and oxygen atoms in total. The quantitative estimate of drug-likeness (QED) is 0.736. The largest absolute Gasteiger partial charge is 0.356 e. The van der Waals surface area contributed by atoms with Gasteiger partial charge in [-0.1, -0.05) is 6.92 Å². The predicted molar refractivity (Wildman–Crippen MR) is 67.3 cm³/mol. The maximum Gasteiger partial charge on any atom is 0.220 e. The summed E-state index contributed by atoms with van der Waals surface area (Å²) >= 11 is 0. The molecule has 17 heavy (non-hydrogen) atoms. The normalized spacial score (nSPS) is 14.3. The van der Waals surface area contributed by atoms with Crippen LogP contribution >= 0.6 is 0 Å². The molecule has 1 amide bonds. The van der Waals surface area contributed by atoms with Gasteiger partial charge in [-0.15, -0.1) is 0 Å². The third-order valence-corrected chi connectivity index (χ3v) is 2.56. The fourth-order valence-corrected chi connectivity index (χ4v) is 1.55. The number of carbonyl (C=O) groups excluding carboxylic acids is 1. The highest BCUT2D eigenvalue weighted by molar-refractivity contribution is 5.75. The summed E-state index contributed by atoms with van der Waals surface area (Å²) in [5.74, 6) is 0.475. The minimum absolute atomic E-state index is 0.0831. The molecule has 0 aliphatic rings. The van der Waals surface area contributed by atoms with Crippen LogP contribution in [0.3, 0.4) is 0 Å². The van der Waals surface area contributed by atoms with Crippen molar-refractivity contribution in [1.29, 1.82) is 0 Å². The van der Waals surface area contributed by atoms with Crippen molar-refractivity contribution in [1.82, 2.24) is 14.9 Å². The van der Waals surface area contributed by atoms with Crippen molar-refractivity contribution < 1.29 is 4.79 Å². The van der Waals surface area contributed by atoms with E-state index < -0.39 is 0 Å². The van der Waals surface area contributed by atoms with Crippen LogP contribution in [0.25, 0.3) is 0 Å². The molecule has 2 unspecified atom stereocenters. The monoisotopic (exact) mass is 238 g/mol. The molecule has 0 aliphatic heterocycles. The molecular formula is C12H22N4O. The zero-order valence-electron chi connectivity index (χ0n) is 10.6. The molecule has 0 saturated heterocycles. The van der Waals surface area contributed by atoms with Gasteiger partial charge >= 0.3 is 0 Å². The van der Waals surface area contributed by atoms with Crippen molar-refractivity contribution >= 4 is 5.91 Å². The Kier molecular flexibility index (Phi) is 5.69. The third kappa shape index (κ3) is 6.06. The molecule has 96 valence electrons. The van der Waals surface area contributed by atoms with E-state index in [-0.39, 0.29) is 11.9 Å². The van der Waals surface area contributed by atoms with Gasteiger partial charge in [-0.05, 0) is 19.3 Å². The van der Waals surface area contributed by atoms with Crippen molar-refractivity contribution in [2.45, 2.75) is 39.3 Å². The van der Waals surface area contributed by atoms with Crippen LogP contribution in [-0.4, -0.2) is 28.0 Å². The van der Waals surface area contributed by atoms with Crippen molar-refractivity contribution in [3.63, 3.8) is 0 Å². The standard InChI is InChI=1S/C12H22N4O/c1-10(8-16-6-5-14-9-16)7-15-12(17)4-3-11(2)13/h5-6,9-11H,3-4,7-8,13H2,1-2H3,(H,15,17). The first-order valence-corrected chi connectivity index (χ1v) is 6.06. The molecular weight excluding hydrogens is 216 g/mol. The molecule has 1 heterocycles. The second kappa shape index (κ2) is 7.06. The number of rotatable bonds is 7. The summed E-state index contributed by atoms with van der Waals surface area (Å²) in [5.41, 5.74) is 5.60.